The lowest BCUT2D eigenvalue weighted by Gasteiger charge is -2.24. The van der Waals surface area contributed by atoms with Crippen molar-refractivity contribution in [3.05, 3.63) is 99.6 Å². The zero-order chi connectivity index (χ0) is 26.1. The number of aliphatic hydroxyl groups is 1. The predicted octanol–water partition coefficient (Wildman–Crippen LogP) is 4.07. The van der Waals surface area contributed by atoms with Crippen LogP contribution in [0.15, 0.2) is 65.9 Å². The van der Waals surface area contributed by atoms with E-state index in [4.69, 9.17) is 10.5 Å². The zero-order valence-electron chi connectivity index (χ0n) is 19.5. The van der Waals surface area contributed by atoms with Gasteiger partial charge < -0.3 is 20.9 Å². The Kier molecular flexibility index (Phi) is 9.29. The number of nitrogens with two attached hydrogens (primary N) is 1. The van der Waals surface area contributed by atoms with Crippen LogP contribution in [0.4, 0.5) is 14.5 Å². The van der Waals surface area contributed by atoms with E-state index >= 15 is 0 Å². The molecule has 0 saturated heterocycles. The molecule has 188 valence electrons. The highest BCUT2D eigenvalue weighted by molar-refractivity contribution is 5.96. The largest absolute Gasteiger partial charge is 0.481 e. The maximum absolute atomic E-state index is 14.6. The molecule has 0 aliphatic rings. The number of hydrogen-bond acceptors (Lipinski definition) is 6. The number of methoxy groups -OCH3 is 1. The maximum atomic E-state index is 14.6. The van der Waals surface area contributed by atoms with Gasteiger partial charge in [-0.1, -0.05) is 29.4 Å². The van der Waals surface area contributed by atoms with Gasteiger partial charge in [0.25, 0.3) is 0 Å². The van der Waals surface area contributed by atoms with Crippen LogP contribution in [-0.2, 0) is 11.2 Å². The van der Waals surface area contributed by atoms with Crippen molar-refractivity contribution in [1.29, 1.82) is 0 Å². The molecule has 4 N–H and O–H groups in total. The van der Waals surface area contributed by atoms with Crippen LogP contribution in [0.2, 0.25) is 0 Å². The first-order valence-electron chi connectivity index (χ1n) is 11.1. The van der Waals surface area contributed by atoms with E-state index in [1.165, 1.54) is 55.8 Å². The summed E-state index contributed by atoms with van der Waals surface area (Å²) in [5, 5.41) is 15.6. The third-order valence-electron chi connectivity index (χ3n) is 5.69. The quantitative estimate of drug-likeness (QED) is 0.208. The van der Waals surface area contributed by atoms with E-state index in [1.54, 1.807) is 12.1 Å². The van der Waals surface area contributed by atoms with Gasteiger partial charge >= 0.3 is 0 Å². The fourth-order valence-corrected chi connectivity index (χ4v) is 3.81. The highest BCUT2D eigenvalue weighted by atomic mass is 19.1. The number of carbonyl (C=O) groups is 1. The van der Waals surface area contributed by atoms with Gasteiger partial charge in [-0.2, -0.15) is 0 Å². The van der Waals surface area contributed by atoms with Crippen LogP contribution in [-0.4, -0.2) is 41.8 Å². The molecule has 1 aromatic heterocycles. The van der Waals surface area contributed by atoms with Crippen LogP contribution in [0.5, 0.6) is 5.88 Å². The van der Waals surface area contributed by atoms with Crippen molar-refractivity contribution < 1.29 is 23.4 Å². The van der Waals surface area contributed by atoms with Crippen molar-refractivity contribution in [1.82, 2.24) is 4.98 Å². The minimum Gasteiger partial charge on any atom is -0.481 e. The normalized spacial score (nSPS) is 13.2. The lowest BCUT2D eigenvalue weighted by Crippen LogP contribution is -2.33. The van der Waals surface area contributed by atoms with Crippen molar-refractivity contribution >= 4 is 11.6 Å². The summed E-state index contributed by atoms with van der Waals surface area (Å²) >= 11 is 0. The van der Waals surface area contributed by atoms with Gasteiger partial charge in [-0.3, -0.25) is 4.79 Å². The van der Waals surface area contributed by atoms with E-state index in [0.29, 0.717) is 17.0 Å². The molecule has 0 aliphatic heterocycles. The number of ether oxygens (including phenoxy) is 1. The highest BCUT2D eigenvalue weighted by Gasteiger charge is 2.31. The molecule has 0 bridgehead atoms. The first-order valence-corrected chi connectivity index (χ1v) is 11.1. The molecule has 11 heteroatoms. The van der Waals surface area contributed by atoms with Gasteiger partial charge in [0.2, 0.25) is 11.8 Å². The molecular formula is C25H26F2N6O3. The predicted molar refractivity (Wildman–Crippen MR) is 130 cm³/mol. The molecular weight excluding hydrogens is 470 g/mol. The Morgan fingerprint density at radius 3 is 2.53 bits per heavy atom. The van der Waals surface area contributed by atoms with Crippen molar-refractivity contribution in [2.45, 2.75) is 30.8 Å². The molecule has 0 radical (unpaired) electrons. The third-order valence-corrected chi connectivity index (χ3v) is 5.69. The number of nitrogens with one attached hydrogen (secondary N) is 1. The summed E-state index contributed by atoms with van der Waals surface area (Å²) in [6.45, 7) is -0.260. The number of pyridine rings is 1. The van der Waals surface area contributed by atoms with Crippen LogP contribution in [0.1, 0.15) is 29.0 Å². The van der Waals surface area contributed by atoms with Gasteiger partial charge in [0, 0.05) is 40.4 Å². The third kappa shape index (κ3) is 6.54. The number of halogens is 2. The second-order valence-electron chi connectivity index (χ2n) is 8.05. The van der Waals surface area contributed by atoms with Crippen LogP contribution in [0, 0.1) is 11.6 Å². The first kappa shape index (κ1) is 26.6. The molecule has 3 atom stereocenters. The summed E-state index contributed by atoms with van der Waals surface area (Å²) in [4.78, 5) is 20.5. The number of amides is 1. The summed E-state index contributed by atoms with van der Waals surface area (Å²) in [5.74, 6) is -2.21. The lowest BCUT2D eigenvalue weighted by atomic mass is 9.85. The number of anilines is 1. The molecule has 0 spiro atoms. The van der Waals surface area contributed by atoms with Crippen LogP contribution < -0.4 is 15.8 Å². The number of hydrogen-bond donors (Lipinski definition) is 3. The van der Waals surface area contributed by atoms with Crippen molar-refractivity contribution in [2.75, 3.05) is 19.0 Å². The fourth-order valence-electron chi connectivity index (χ4n) is 3.81. The number of aromatic nitrogens is 1. The second kappa shape index (κ2) is 12.6. The van der Waals surface area contributed by atoms with E-state index in [2.05, 4.69) is 20.3 Å². The molecule has 1 heterocycles. The van der Waals surface area contributed by atoms with Crippen LogP contribution in [0.3, 0.4) is 0 Å². The van der Waals surface area contributed by atoms with Crippen LogP contribution in [0.25, 0.3) is 10.4 Å². The Bertz CT molecular complexity index is 1220. The topological polar surface area (TPSA) is 146 Å². The average Bonchev–Trinajstić information content (AvgIpc) is 2.89. The summed E-state index contributed by atoms with van der Waals surface area (Å²) in [6.07, 6.45) is 1.93. The fraction of sp³-hybridized carbons (Fsp3) is 0.280. The Labute approximate surface area is 206 Å². The number of nitrogens with zero attached hydrogens (tertiary/aromatic N) is 4. The standard InChI is InChI=1S/C25H26F2N6O3/c1-36-22-12-7-16(13-30-22)23(15-5-8-17(26)9-6-15)24(32-33-29)25(35)31-21-4-2-3-20(27)19(21)11-10-18(28)14-34/h2-9,12-13,18,23-24,34H,10-11,14,28H2,1H3,(H,31,35)/t18-,23?,24?/m0/s1. The molecule has 1 amide bonds. The molecule has 0 aliphatic carbocycles. The Hall–Kier alpha value is -4.05. The van der Waals surface area contributed by atoms with Crippen LogP contribution >= 0.6 is 0 Å². The first-order chi connectivity index (χ1) is 17.4. The summed E-state index contributed by atoms with van der Waals surface area (Å²) in [6, 6.07) is 11.0. The molecule has 36 heavy (non-hydrogen) atoms. The van der Waals surface area contributed by atoms with Crippen molar-refractivity contribution in [3.63, 3.8) is 0 Å². The summed E-state index contributed by atoms with van der Waals surface area (Å²) in [7, 11) is 1.46. The average molecular weight is 497 g/mol. The minimum atomic E-state index is -1.33. The van der Waals surface area contributed by atoms with Crippen molar-refractivity contribution in [2.24, 2.45) is 10.8 Å². The zero-order valence-corrected chi connectivity index (χ0v) is 19.5. The number of azide groups is 1. The van der Waals surface area contributed by atoms with E-state index in [0.717, 1.165) is 0 Å². The lowest BCUT2D eigenvalue weighted by molar-refractivity contribution is -0.117. The number of carbonyl (C=O) groups excluding carboxylic acids is 1. The summed E-state index contributed by atoms with van der Waals surface area (Å²) in [5.41, 5.74) is 16.4. The molecule has 2 unspecified atom stereocenters. The van der Waals surface area contributed by atoms with Gasteiger partial charge in [0.1, 0.15) is 17.7 Å². The van der Waals surface area contributed by atoms with Gasteiger partial charge in [-0.05, 0) is 53.8 Å². The molecule has 0 fully saturated rings. The SMILES string of the molecule is COc1ccc(C(c2ccc(F)cc2)C(N=[N+]=[N-])C(=O)Nc2cccc(F)c2CC[C@H](N)CO)cn1. The van der Waals surface area contributed by atoms with Gasteiger partial charge in [-0.15, -0.1) is 0 Å². The van der Waals surface area contributed by atoms with E-state index < -0.39 is 35.5 Å². The summed E-state index contributed by atoms with van der Waals surface area (Å²) < 4.78 is 33.3. The smallest absolute Gasteiger partial charge is 0.234 e. The van der Waals surface area contributed by atoms with E-state index in [9.17, 15) is 24.2 Å². The second-order valence-corrected chi connectivity index (χ2v) is 8.05. The monoisotopic (exact) mass is 496 g/mol. The molecule has 3 rings (SSSR count). The van der Waals surface area contributed by atoms with E-state index in [1.807, 2.05) is 0 Å². The Balaban J connectivity index is 2.00. The molecule has 0 saturated carbocycles. The Morgan fingerprint density at radius 1 is 1.19 bits per heavy atom. The van der Waals surface area contributed by atoms with E-state index in [-0.39, 0.29) is 30.7 Å². The molecule has 3 aromatic rings. The number of aliphatic hydroxyl groups excluding tert-OH is 1. The van der Waals surface area contributed by atoms with Gasteiger partial charge in [0.15, 0.2) is 0 Å². The number of benzene rings is 2. The van der Waals surface area contributed by atoms with Gasteiger partial charge in [0.05, 0.1) is 13.7 Å². The maximum Gasteiger partial charge on any atom is 0.234 e. The molecule has 9 nitrogen and oxygen atoms in total. The van der Waals surface area contributed by atoms with Crippen molar-refractivity contribution in [3.8, 4) is 5.88 Å². The Morgan fingerprint density at radius 2 is 1.92 bits per heavy atom. The highest BCUT2D eigenvalue weighted by Crippen LogP contribution is 2.32. The minimum absolute atomic E-state index is 0.167. The molecule has 2 aromatic carbocycles. The number of rotatable bonds is 11. The van der Waals surface area contributed by atoms with Gasteiger partial charge in [-0.25, -0.2) is 13.8 Å².